The van der Waals surface area contributed by atoms with Crippen molar-refractivity contribution in [3.05, 3.63) is 175 Å². The summed E-state index contributed by atoms with van der Waals surface area (Å²) in [5.74, 6) is 0.717. The highest BCUT2D eigenvalue weighted by Gasteiger charge is 2.24. The zero-order chi connectivity index (χ0) is 29.3. The summed E-state index contributed by atoms with van der Waals surface area (Å²) in [4.78, 5) is 12.5. The van der Waals surface area contributed by atoms with Crippen molar-refractivity contribution in [1.29, 1.82) is 0 Å². The SMILES string of the molecule is c1ccc(-c2cc(-c3ccccc3)nc(-c3cccc(-c4ccc5c(c4)Cc4ccccc4N5c4ccccc4)c3)n2)cc1. The Kier molecular flexibility index (Phi) is 6.54. The summed E-state index contributed by atoms with van der Waals surface area (Å²) < 4.78 is 0. The molecule has 0 amide bonds. The van der Waals surface area contributed by atoms with Crippen LogP contribution in [0.3, 0.4) is 0 Å². The van der Waals surface area contributed by atoms with Gasteiger partial charge < -0.3 is 4.90 Å². The van der Waals surface area contributed by atoms with Gasteiger partial charge in [0.25, 0.3) is 0 Å². The zero-order valence-corrected chi connectivity index (χ0v) is 24.1. The van der Waals surface area contributed by atoms with Crippen LogP contribution >= 0.6 is 0 Å². The van der Waals surface area contributed by atoms with E-state index in [0.29, 0.717) is 5.82 Å². The second kappa shape index (κ2) is 11.1. The number of benzene rings is 6. The number of fused-ring (bicyclic) bond motifs is 2. The van der Waals surface area contributed by atoms with Crippen molar-refractivity contribution in [1.82, 2.24) is 9.97 Å². The van der Waals surface area contributed by atoms with E-state index in [4.69, 9.17) is 9.97 Å². The second-order valence-electron chi connectivity index (χ2n) is 11.1. The highest BCUT2D eigenvalue weighted by Crippen LogP contribution is 2.44. The highest BCUT2D eigenvalue weighted by molar-refractivity contribution is 5.85. The molecule has 0 N–H and O–H groups in total. The van der Waals surface area contributed by atoms with E-state index in [0.717, 1.165) is 40.1 Å². The van der Waals surface area contributed by atoms with Gasteiger partial charge in [0.1, 0.15) is 0 Å². The second-order valence-corrected chi connectivity index (χ2v) is 11.1. The molecule has 1 aliphatic heterocycles. The molecule has 3 nitrogen and oxygen atoms in total. The molecule has 0 aliphatic carbocycles. The van der Waals surface area contributed by atoms with Crippen molar-refractivity contribution in [2.75, 3.05) is 4.90 Å². The number of aromatic nitrogens is 2. The summed E-state index contributed by atoms with van der Waals surface area (Å²) in [6.07, 6.45) is 0.894. The van der Waals surface area contributed by atoms with E-state index < -0.39 is 0 Å². The first kappa shape index (κ1) is 25.9. The van der Waals surface area contributed by atoms with E-state index >= 15 is 0 Å². The van der Waals surface area contributed by atoms with Crippen LogP contribution in [0.25, 0.3) is 45.0 Å². The van der Waals surface area contributed by atoms with Gasteiger partial charge in [-0.05, 0) is 64.7 Å². The number of para-hydroxylation sites is 2. The quantitative estimate of drug-likeness (QED) is 0.209. The fourth-order valence-electron chi connectivity index (χ4n) is 6.12. The number of anilines is 3. The van der Waals surface area contributed by atoms with E-state index in [1.807, 2.05) is 36.4 Å². The summed E-state index contributed by atoms with van der Waals surface area (Å²) in [5.41, 5.74) is 13.6. The van der Waals surface area contributed by atoms with E-state index in [1.165, 1.54) is 33.8 Å². The molecular formula is C41H29N3. The molecule has 0 fully saturated rings. The lowest BCUT2D eigenvalue weighted by atomic mass is 9.91. The van der Waals surface area contributed by atoms with Crippen LogP contribution in [-0.4, -0.2) is 9.97 Å². The Balaban J connectivity index is 1.21. The van der Waals surface area contributed by atoms with Crippen LogP contribution in [-0.2, 0) is 6.42 Å². The van der Waals surface area contributed by atoms with Crippen molar-refractivity contribution >= 4 is 17.1 Å². The normalized spacial score (nSPS) is 12.0. The number of rotatable bonds is 5. The summed E-state index contributed by atoms with van der Waals surface area (Å²) in [6, 6.07) is 57.5. The maximum absolute atomic E-state index is 5.06. The van der Waals surface area contributed by atoms with Gasteiger partial charge in [-0.15, -0.1) is 0 Å². The van der Waals surface area contributed by atoms with Gasteiger partial charge in [-0.2, -0.15) is 0 Å². The van der Waals surface area contributed by atoms with Crippen LogP contribution in [0.5, 0.6) is 0 Å². The monoisotopic (exact) mass is 563 g/mol. The predicted octanol–water partition coefficient (Wildman–Crippen LogP) is 10.5. The average molecular weight is 564 g/mol. The third-order valence-electron chi connectivity index (χ3n) is 8.27. The highest BCUT2D eigenvalue weighted by atomic mass is 15.2. The van der Waals surface area contributed by atoms with Crippen molar-refractivity contribution in [3.8, 4) is 45.0 Å². The maximum atomic E-state index is 5.06. The molecule has 0 bridgehead atoms. The van der Waals surface area contributed by atoms with Gasteiger partial charge in [0.05, 0.1) is 11.4 Å². The van der Waals surface area contributed by atoms with Gasteiger partial charge in [0.2, 0.25) is 0 Å². The first-order chi connectivity index (χ1) is 21.8. The summed E-state index contributed by atoms with van der Waals surface area (Å²) in [6.45, 7) is 0. The van der Waals surface area contributed by atoms with Crippen LogP contribution in [0.2, 0.25) is 0 Å². The van der Waals surface area contributed by atoms with Crippen molar-refractivity contribution in [2.45, 2.75) is 6.42 Å². The number of hydrogen-bond acceptors (Lipinski definition) is 3. The third-order valence-corrected chi connectivity index (χ3v) is 8.27. The van der Waals surface area contributed by atoms with E-state index in [1.54, 1.807) is 0 Å². The molecule has 0 unspecified atom stereocenters. The first-order valence-corrected chi connectivity index (χ1v) is 15.0. The minimum atomic E-state index is 0.717. The minimum Gasteiger partial charge on any atom is -0.310 e. The molecule has 0 spiro atoms. The molecule has 208 valence electrons. The molecular weight excluding hydrogens is 534 g/mol. The zero-order valence-electron chi connectivity index (χ0n) is 24.1. The summed E-state index contributed by atoms with van der Waals surface area (Å²) in [5, 5.41) is 0. The fourth-order valence-corrected chi connectivity index (χ4v) is 6.12. The van der Waals surface area contributed by atoms with Crippen LogP contribution in [0.1, 0.15) is 11.1 Å². The lowest BCUT2D eigenvalue weighted by Gasteiger charge is -2.33. The van der Waals surface area contributed by atoms with Gasteiger partial charge in [0, 0.05) is 40.2 Å². The van der Waals surface area contributed by atoms with Crippen molar-refractivity contribution < 1.29 is 0 Å². The van der Waals surface area contributed by atoms with Gasteiger partial charge in [-0.1, -0.05) is 121 Å². The molecule has 8 rings (SSSR count). The fraction of sp³-hybridized carbons (Fsp3) is 0.0244. The Labute approximate surface area is 257 Å². The molecule has 7 aromatic rings. The van der Waals surface area contributed by atoms with Gasteiger partial charge >= 0.3 is 0 Å². The molecule has 0 atom stereocenters. The molecule has 6 aromatic carbocycles. The van der Waals surface area contributed by atoms with Crippen LogP contribution < -0.4 is 4.90 Å². The predicted molar refractivity (Wildman–Crippen MR) is 181 cm³/mol. The maximum Gasteiger partial charge on any atom is 0.160 e. The molecule has 0 radical (unpaired) electrons. The van der Waals surface area contributed by atoms with Crippen LogP contribution in [0.4, 0.5) is 17.1 Å². The van der Waals surface area contributed by atoms with Crippen LogP contribution in [0, 0.1) is 0 Å². The molecule has 1 aliphatic rings. The lowest BCUT2D eigenvalue weighted by Crippen LogP contribution is -2.18. The van der Waals surface area contributed by atoms with Gasteiger partial charge in [-0.3, -0.25) is 0 Å². The minimum absolute atomic E-state index is 0.717. The van der Waals surface area contributed by atoms with Gasteiger partial charge in [-0.25, -0.2) is 9.97 Å². The molecule has 3 heteroatoms. The molecule has 1 aromatic heterocycles. The molecule has 2 heterocycles. The molecule has 0 saturated carbocycles. The standard InChI is InChI=1S/C41H29N3/c1-4-13-29(14-5-1)37-28-38(30-15-6-2-7-16-30)43-41(42-37)34-19-12-18-31(25-34)32-23-24-40-35(26-32)27-33-17-10-11-22-39(33)44(40)36-20-8-3-9-21-36/h1-26,28H,27H2. The summed E-state index contributed by atoms with van der Waals surface area (Å²) in [7, 11) is 0. The summed E-state index contributed by atoms with van der Waals surface area (Å²) >= 11 is 0. The smallest absolute Gasteiger partial charge is 0.160 e. The number of nitrogens with zero attached hydrogens (tertiary/aromatic N) is 3. The average Bonchev–Trinajstić information content (AvgIpc) is 3.11. The Morgan fingerprint density at radius 2 is 0.932 bits per heavy atom. The van der Waals surface area contributed by atoms with E-state index in [-0.39, 0.29) is 0 Å². The lowest BCUT2D eigenvalue weighted by molar-refractivity contribution is 1.09. The number of hydrogen-bond donors (Lipinski definition) is 0. The Morgan fingerprint density at radius 1 is 0.386 bits per heavy atom. The first-order valence-electron chi connectivity index (χ1n) is 15.0. The Bertz CT molecular complexity index is 2030. The van der Waals surface area contributed by atoms with Crippen molar-refractivity contribution in [2.24, 2.45) is 0 Å². The van der Waals surface area contributed by atoms with Crippen LogP contribution in [0.15, 0.2) is 164 Å². The molecule has 44 heavy (non-hydrogen) atoms. The molecule has 0 saturated heterocycles. The van der Waals surface area contributed by atoms with E-state index in [2.05, 4.69) is 132 Å². The topological polar surface area (TPSA) is 29.0 Å². The Morgan fingerprint density at radius 3 is 1.64 bits per heavy atom. The Hall–Kier alpha value is -5.80. The van der Waals surface area contributed by atoms with E-state index in [9.17, 15) is 0 Å². The third kappa shape index (κ3) is 4.85. The largest absolute Gasteiger partial charge is 0.310 e. The van der Waals surface area contributed by atoms with Gasteiger partial charge in [0.15, 0.2) is 5.82 Å². The van der Waals surface area contributed by atoms with Crippen molar-refractivity contribution in [3.63, 3.8) is 0 Å².